The van der Waals surface area contributed by atoms with Gasteiger partial charge < -0.3 is 14.2 Å². The van der Waals surface area contributed by atoms with E-state index in [1.54, 1.807) is 18.2 Å². The molecule has 1 amide bonds. The molecule has 6 heteroatoms. The molecule has 1 atom stereocenters. The van der Waals surface area contributed by atoms with Gasteiger partial charge in [-0.15, -0.1) is 0 Å². The maximum absolute atomic E-state index is 12.6. The average molecular weight is 386 g/mol. The maximum atomic E-state index is 12.6. The molecule has 0 spiro atoms. The number of hydrogen-bond acceptors (Lipinski definition) is 5. The molecule has 0 radical (unpaired) electrons. The van der Waals surface area contributed by atoms with Gasteiger partial charge in [-0.05, 0) is 35.9 Å². The van der Waals surface area contributed by atoms with Crippen molar-refractivity contribution in [2.75, 3.05) is 6.79 Å². The second-order valence-corrected chi connectivity index (χ2v) is 6.78. The quantitative estimate of drug-likeness (QED) is 0.689. The Bertz CT molecular complexity index is 1100. The van der Waals surface area contributed by atoms with Crippen molar-refractivity contribution in [3.8, 4) is 17.2 Å². The van der Waals surface area contributed by atoms with Crippen LogP contribution in [0, 0.1) is 0 Å². The monoisotopic (exact) mass is 386 g/mol. The molecule has 5 rings (SSSR count). The van der Waals surface area contributed by atoms with Crippen molar-refractivity contribution in [3.63, 3.8) is 0 Å². The lowest BCUT2D eigenvalue weighted by Gasteiger charge is -2.27. The van der Waals surface area contributed by atoms with Crippen LogP contribution in [0.3, 0.4) is 0 Å². The number of carbonyl (C=O) groups is 1. The van der Waals surface area contributed by atoms with Gasteiger partial charge in [0.1, 0.15) is 11.9 Å². The van der Waals surface area contributed by atoms with Crippen LogP contribution in [-0.4, -0.2) is 18.4 Å². The van der Waals surface area contributed by atoms with Gasteiger partial charge in [-0.2, -0.15) is 5.10 Å². The highest BCUT2D eigenvalue weighted by molar-refractivity contribution is 6.05. The number of benzene rings is 3. The highest BCUT2D eigenvalue weighted by atomic mass is 16.7. The molecular weight excluding hydrogens is 368 g/mol. The van der Waals surface area contributed by atoms with Gasteiger partial charge in [0.05, 0.1) is 5.71 Å². The molecule has 2 aliphatic heterocycles. The molecule has 29 heavy (non-hydrogen) atoms. The molecule has 0 aliphatic carbocycles. The predicted octanol–water partition coefficient (Wildman–Crippen LogP) is 4.07. The van der Waals surface area contributed by atoms with Gasteiger partial charge in [-0.25, -0.2) is 5.43 Å². The molecular formula is C23H18N2O4. The minimum atomic E-state index is -0.309. The number of nitrogens with zero attached hydrogens (tertiary/aromatic N) is 1. The third-order valence-corrected chi connectivity index (χ3v) is 4.94. The summed E-state index contributed by atoms with van der Waals surface area (Å²) in [5, 5.41) is 4.44. The van der Waals surface area contributed by atoms with Crippen LogP contribution in [0.2, 0.25) is 0 Å². The standard InChI is InChI=1S/C23H18N2O4/c26-23(16-10-11-20-22(12-16)28-14-27-20)25-24-18-13-21(15-6-2-1-3-7-15)29-19-9-5-4-8-17(18)19/h1-12,21H,13-14H2,(H,25,26)/b24-18+/t21-/m1/s1. The number of ether oxygens (including phenoxy) is 3. The number of nitrogens with one attached hydrogen (secondary N) is 1. The van der Waals surface area contributed by atoms with Gasteiger partial charge in [-0.1, -0.05) is 42.5 Å². The van der Waals surface area contributed by atoms with Crippen LogP contribution in [0.1, 0.15) is 34.0 Å². The molecule has 0 bridgehead atoms. The lowest BCUT2D eigenvalue weighted by Crippen LogP contribution is -2.25. The first-order valence-corrected chi connectivity index (χ1v) is 9.35. The fourth-order valence-corrected chi connectivity index (χ4v) is 3.47. The van der Waals surface area contributed by atoms with Gasteiger partial charge >= 0.3 is 0 Å². The fraction of sp³-hybridized carbons (Fsp3) is 0.130. The molecule has 0 aromatic heterocycles. The Balaban J connectivity index is 1.41. The SMILES string of the molecule is O=C(N/N=C1\C[C@H](c2ccccc2)Oc2ccccc21)c1ccc2c(c1)OCO2. The third-order valence-electron chi connectivity index (χ3n) is 4.94. The molecule has 2 aliphatic rings. The summed E-state index contributed by atoms with van der Waals surface area (Å²) >= 11 is 0. The summed E-state index contributed by atoms with van der Waals surface area (Å²) in [5.74, 6) is 1.64. The summed E-state index contributed by atoms with van der Waals surface area (Å²) in [6, 6.07) is 22.8. The topological polar surface area (TPSA) is 69.2 Å². The van der Waals surface area contributed by atoms with E-state index in [9.17, 15) is 4.79 Å². The molecule has 6 nitrogen and oxygen atoms in total. The lowest BCUT2D eigenvalue weighted by atomic mass is 9.96. The summed E-state index contributed by atoms with van der Waals surface area (Å²) in [7, 11) is 0. The van der Waals surface area contributed by atoms with E-state index >= 15 is 0 Å². The largest absolute Gasteiger partial charge is 0.485 e. The Morgan fingerprint density at radius 1 is 0.897 bits per heavy atom. The van der Waals surface area contributed by atoms with Crippen LogP contribution in [-0.2, 0) is 0 Å². The van der Waals surface area contributed by atoms with Crippen molar-refractivity contribution in [1.82, 2.24) is 5.43 Å². The highest BCUT2D eigenvalue weighted by Crippen LogP contribution is 2.35. The van der Waals surface area contributed by atoms with Gasteiger partial charge in [0.2, 0.25) is 6.79 Å². The maximum Gasteiger partial charge on any atom is 0.271 e. The summed E-state index contributed by atoms with van der Waals surface area (Å²) in [5.41, 5.74) is 5.85. The molecule has 0 saturated carbocycles. The van der Waals surface area contributed by atoms with Gasteiger partial charge in [0, 0.05) is 17.5 Å². The van der Waals surface area contributed by atoms with E-state index in [1.165, 1.54) is 0 Å². The first-order valence-electron chi connectivity index (χ1n) is 9.35. The Labute approximate surface area is 167 Å². The third kappa shape index (κ3) is 3.40. The molecule has 144 valence electrons. The minimum absolute atomic E-state index is 0.160. The Morgan fingerprint density at radius 3 is 2.59 bits per heavy atom. The van der Waals surface area contributed by atoms with E-state index in [0.717, 1.165) is 22.6 Å². The molecule has 0 saturated heterocycles. The van der Waals surface area contributed by atoms with Crippen molar-refractivity contribution in [2.45, 2.75) is 12.5 Å². The first kappa shape index (κ1) is 17.3. The molecule has 0 fully saturated rings. The average Bonchev–Trinajstić information content (AvgIpc) is 3.25. The number of hydrogen-bond donors (Lipinski definition) is 1. The zero-order valence-corrected chi connectivity index (χ0v) is 15.5. The van der Waals surface area contributed by atoms with Crippen molar-refractivity contribution in [1.29, 1.82) is 0 Å². The van der Waals surface area contributed by atoms with Crippen LogP contribution < -0.4 is 19.6 Å². The number of carbonyl (C=O) groups excluding carboxylic acids is 1. The number of hydrazone groups is 1. The van der Waals surface area contributed by atoms with Gasteiger partial charge in [-0.3, -0.25) is 4.79 Å². The lowest BCUT2D eigenvalue weighted by molar-refractivity contribution is 0.0954. The summed E-state index contributed by atoms with van der Waals surface area (Å²) in [6.07, 6.45) is 0.398. The van der Waals surface area contributed by atoms with E-state index in [0.29, 0.717) is 23.5 Å². The normalized spacial score (nSPS) is 18.1. The molecule has 0 unspecified atom stereocenters. The fourth-order valence-electron chi connectivity index (χ4n) is 3.47. The van der Waals surface area contributed by atoms with Crippen molar-refractivity contribution in [3.05, 3.63) is 89.5 Å². The molecule has 3 aromatic carbocycles. The Morgan fingerprint density at radius 2 is 1.69 bits per heavy atom. The zero-order chi connectivity index (χ0) is 19.6. The zero-order valence-electron chi connectivity index (χ0n) is 15.5. The van der Waals surface area contributed by atoms with Crippen molar-refractivity contribution >= 4 is 11.6 Å². The van der Waals surface area contributed by atoms with E-state index in [2.05, 4.69) is 10.5 Å². The van der Waals surface area contributed by atoms with Crippen LogP contribution in [0.5, 0.6) is 17.2 Å². The van der Waals surface area contributed by atoms with Crippen molar-refractivity contribution < 1.29 is 19.0 Å². The van der Waals surface area contributed by atoms with E-state index in [4.69, 9.17) is 14.2 Å². The van der Waals surface area contributed by atoms with E-state index < -0.39 is 0 Å². The second kappa shape index (κ2) is 7.31. The van der Waals surface area contributed by atoms with Crippen LogP contribution in [0.4, 0.5) is 0 Å². The number of fused-ring (bicyclic) bond motifs is 2. The number of rotatable bonds is 3. The summed E-state index contributed by atoms with van der Waals surface area (Å²) in [6.45, 7) is 0.167. The van der Waals surface area contributed by atoms with Crippen LogP contribution in [0.25, 0.3) is 0 Å². The van der Waals surface area contributed by atoms with Crippen LogP contribution >= 0.6 is 0 Å². The summed E-state index contributed by atoms with van der Waals surface area (Å²) < 4.78 is 16.8. The van der Waals surface area contributed by atoms with Gasteiger partial charge in [0.15, 0.2) is 11.5 Å². The number of para-hydroxylation sites is 1. The molecule has 2 heterocycles. The van der Waals surface area contributed by atoms with E-state index in [-0.39, 0.29) is 18.8 Å². The smallest absolute Gasteiger partial charge is 0.271 e. The second-order valence-electron chi connectivity index (χ2n) is 6.78. The first-order chi connectivity index (χ1) is 14.3. The van der Waals surface area contributed by atoms with E-state index in [1.807, 2.05) is 54.6 Å². The van der Waals surface area contributed by atoms with Crippen LogP contribution in [0.15, 0.2) is 77.9 Å². The van der Waals surface area contributed by atoms with Crippen molar-refractivity contribution in [2.24, 2.45) is 5.10 Å². The number of amides is 1. The Kier molecular flexibility index (Phi) is 4.37. The highest BCUT2D eigenvalue weighted by Gasteiger charge is 2.26. The summed E-state index contributed by atoms with van der Waals surface area (Å²) in [4.78, 5) is 12.6. The minimum Gasteiger partial charge on any atom is -0.485 e. The molecule has 3 aromatic rings. The molecule has 1 N–H and O–H groups in total. The predicted molar refractivity (Wildman–Crippen MR) is 107 cm³/mol. The van der Waals surface area contributed by atoms with Gasteiger partial charge in [0.25, 0.3) is 5.91 Å². The Hall–Kier alpha value is -3.80.